The van der Waals surface area contributed by atoms with Crippen LogP contribution in [0, 0.1) is 0 Å². The molecule has 4 rings (SSSR count). The minimum Gasteiger partial charge on any atom is -0.346 e. The number of para-hydroxylation sites is 1. The number of rotatable bonds is 8. The Bertz CT molecular complexity index is 1110. The molecule has 10 heteroatoms. The number of carbonyl (C=O) groups is 1. The number of carbonyl (C=O) groups excluding carboxylic acids is 1. The van der Waals surface area contributed by atoms with Gasteiger partial charge in [0.2, 0.25) is 11.9 Å². The van der Waals surface area contributed by atoms with Gasteiger partial charge in [0.1, 0.15) is 11.5 Å². The number of aromatic amines is 1. The summed E-state index contributed by atoms with van der Waals surface area (Å²) in [5.41, 5.74) is 3.99. The standard InChI is InChI=1S/C19H20N8O2/c28-16(26-29)7-4-10-27-12-14(11-21-27)23-19-24-17-15(8-9-20-17)18(25-19)22-13-5-2-1-3-6-13/h1-3,5-6,8-9,11-12,29H,4,7,10H2,(H,26,28)(H3,20,22,23,24,25). The van der Waals surface area contributed by atoms with E-state index < -0.39 is 5.91 Å². The van der Waals surface area contributed by atoms with Crippen LogP contribution in [-0.2, 0) is 11.3 Å². The van der Waals surface area contributed by atoms with Gasteiger partial charge >= 0.3 is 0 Å². The van der Waals surface area contributed by atoms with Crippen molar-refractivity contribution in [2.45, 2.75) is 19.4 Å². The van der Waals surface area contributed by atoms with Gasteiger partial charge < -0.3 is 15.6 Å². The SMILES string of the molecule is O=C(CCCn1cc(Nc2nc(Nc3ccccc3)c3cc[nH]c3n2)cn1)NO. The molecule has 0 spiro atoms. The maximum atomic E-state index is 11.1. The van der Waals surface area contributed by atoms with Crippen molar-refractivity contribution in [2.24, 2.45) is 0 Å². The summed E-state index contributed by atoms with van der Waals surface area (Å²) < 4.78 is 1.71. The molecule has 3 aromatic heterocycles. The Kier molecular flexibility index (Phi) is 5.34. The lowest BCUT2D eigenvalue weighted by Gasteiger charge is -2.09. The summed E-state index contributed by atoms with van der Waals surface area (Å²) in [6.45, 7) is 0.548. The highest BCUT2D eigenvalue weighted by Gasteiger charge is 2.10. The monoisotopic (exact) mass is 392 g/mol. The van der Waals surface area contributed by atoms with Crippen LogP contribution in [0.15, 0.2) is 55.0 Å². The number of amides is 1. The molecule has 148 valence electrons. The molecule has 10 nitrogen and oxygen atoms in total. The highest BCUT2D eigenvalue weighted by molar-refractivity contribution is 5.90. The van der Waals surface area contributed by atoms with Gasteiger partial charge in [-0.3, -0.25) is 14.7 Å². The van der Waals surface area contributed by atoms with Gasteiger partial charge in [-0.2, -0.15) is 15.1 Å². The number of fused-ring (bicyclic) bond motifs is 1. The zero-order valence-corrected chi connectivity index (χ0v) is 15.5. The van der Waals surface area contributed by atoms with E-state index in [-0.39, 0.29) is 6.42 Å². The summed E-state index contributed by atoms with van der Waals surface area (Å²) >= 11 is 0. The largest absolute Gasteiger partial charge is 0.346 e. The number of anilines is 4. The predicted octanol–water partition coefficient (Wildman–Crippen LogP) is 2.93. The van der Waals surface area contributed by atoms with Crippen LogP contribution in [0.1, 0.15) is 12.8 Å². The van der Waals surface area contributed by atoms with E-state index in [1.807, 2.05) is 48.8 Å². The van der Waals surface area contributed by atoms with Crippen LogP contribution in [0.4, 0.5) is 23.1 Å². The Morgan fingerprint density at radius 3 is 2.79 bits per heavy atom. The predicted molar refractivity (Wildman–Crippen MR) is 108 cm³/mol. The van der Waals surface area contributed by atoms with Crippen molar-refractivity contribution in [3.05, 3.63) is 55.0 Å². The minimum atomic E-state index is -0.415. The van der Waals surface area contributed by atoms with Crippen molar-refractivity contribution in [1.82, 2.24) is 30.2 Å². The molecule has 0 atom stereocenters. The molecule has 1 aromatic carbocycles. The molecule has 0 fully saturated rings. The smallest absolute Gasteiger partial charge is 0.243 e. The lowest BCUT2D eigenvalue weighted by atomic mass is 10.3. The lowest BCUT2D eigenvalue weighted by Crippen LogP contribution is -2.18. The maximum absolute atomic E-state index is 11.1. The first-order valence-corrected chi connectivity index (χ1v) is 9.11. The van der Waals surface area contributed by atoms with Crippen LogP contribution < -0.4 is 16.1 Å². The zero-order valence-electron chi connectivity index (χ0n) is 15.5. The van der Waals surface area contributed by atoms with E-state index in [1.54, 1.807) is 16.4 Å². The molecule has 0 saturated carbocycles. The summed E-state index contributed by atoms with van der Waals surface area (Å²) in [6.07, 6.45) is 6.08. The lowest BCUT2D eigenvalue weighted by molar-refractivity contribution is -0.129. The van der Waals surface area contributed by atoms with Gasteiger partial charge in [0.05, 0.1) is 17.3 Å². The van der Waals surface area contributed by atoms with Gasteiger partial charge in [-0.05, 0) is 24.6 Å². The van der Waals surface area contributed by atoms with Crippen molar-refractivity contribution in [1.29, 1.82) is 0 Å². The third-order valence-electron chi connectivity index (χ3n) is 4.26. The quantitative estimate of drug-likeness (QED) is 0.230. The number of aryl methyl sites for hydroxylation is 1. The topological polar surface area (TPSA) is 133 Å². The first-order chi connectivity index (χ1) is 14.2. The van der Waals surface area contributed by atoms with E-state index in [1.165, 1.54) is 0 Å². The Balaban J connectivity index is 1.49. The third kappa shape index (κ3) is 4.50. The van der Waals surface area contributed by atoms with Crippen molar-refractivity contribution in [3.8, 4) is 0 Å². The van der Waals surface area contributed by atoms with Crippen LogP contribution in [0.5, 0.6) is 0 Å². The molecule has 0 aliphatic rings. The van der Waals surface area contributed by atoms with E-state index >= 15 is 0 Å². The van der Waals surface area contributed by atoms with Gasteiger partial charge in [-0.1, -0.05) is 18.2 Å². The second kappa shape index (κ2) is 8.40. The van der Waals surface area contributed by atoms with Gasteiger partial charge in [0.25, 0.3) is 0 Å². The highest BCUT2D eigenvalue weighted by Crippen LogP contribution is 2.25. The first kappa shape index (κ1) is 18.4. The Labute approximate surface area is 166 Å². The second-order valence-electron chi connectivity index (χ2n) is 6.38. The summed E-state index contributed by atoms with van der Waals surface area (Å²) in [4.78, 5) is 23.3. The summed E-state index contributed by atoms with van der Waals surface area (Å²) in [5.74, 6) is 0.701. The highest BCUT2D eigenvalue weighted by atomic mass is 16.5. The van der Waals surface area contributed by atoms with Gasteiger partial charge in [0.15, 0.2) is 0 Å². The fourth-order valence-corrected chi connectivity index (χ4v) is 2.89. The number of hydrogen-bond acceptors (Lipinski definition) is 7. The molecule has 0 bridgehead atoms. The van der Waals surface area contributed by atoms with E-state index in [0.717, 1.165) is 16.8 Å². The van der Waals surface area contributed by atoms with Crippen LogP contribution in [0.25, 0.3) is 11.0 Å². The van der Waals surface area contributed by atoms with Crippen molar-refractivity contribution in [2.75, 3.05) is 10.6 Å². The molecule has 4 aromatic rings. The molecule has 0 aliphatic carbocycles. The van der Waals surface area contributed by atoms with E-state index in [4.69, 9.17) is 5.21 Å². The fraction of sp³-hybridized carbons (Fsp3) is 0.158. The van der Waals surface area contributed by atoms with Crippen molar-refractivity contribution < 1.29 is 10.0 Å². The molecule has 3 heterocycles. The van der Waals surface area contributed by atoms with Crippen LogP contribution in [0.3, 0.4) is 0 Å². The van der Waals surface area contributed by atoms with Gasteiger partial charge in [0, 0.05) is 31.0 Å². The second-order valence-corrected chi connectivity index (χ2v) is 6.38. The average molecular weight is 392 g/mol. The Morgan fingerprint density at radius 1 is 1.10 bits per heavy atom. The van der Waals surface area contributed by atoms with E-state index in [2.05, 4.69) is 30.7 Å². The number of benzene rings is 1. The van der Waals surface area contributed by atoms with Gasteiger partial charge in [-0.15, -0.1) is 0 Å². The molecule has 0 saturated heterocycles. The van der Waals surface area contributed by atoms with Crippen LogP contribution in [-0.4, -0.2) is 35.8 Å². The molecule has 1 amide bonds. The fourth-order valence-electron chi connectivity index (χ4n) is 2.89. The van der Waals surface area contributed by atoms with Crippen molar-refractivity contribution >= 4 is 40.1 Å². The van der Waals surface area contributed by atoms with E-state index in [9.17, 15) is 4.79 Å². The first-order valence-electron chi connectivity index (χ1n) is 9.11. The number of nitrogens with zero attached hydrogens (tertiary/aromatic N) is 4. The average Bonchev–Trinajstić information content (AvgIpc) is 3.38. The number of nitrogens with one attached hydrogen (secondary N) is 4. The maximum Gasteiger partial charge on any atom is 0.243 e. The molecular weight excluding hydrogens is 372 g/mol. The van der Waals surface area contributed by atoms with Crippen LogP contribution in [0.2, 0.25) is 0 Å². The number of aromatic nitrogens is 5. The molecule has 0 radical (unpaired) electrons. The Hall–Kier alpha value is -3.92. The Morgan fingerprint density at radius 2 is 1.97 bits per heavy atom. The summed E-state index contributed by atoms with van der Waals surface area (Å²) in [7, 11) is 0. The number of hydroxylamine groups is 1. The third-order valence-corrected chi connectivity index (χ3v) is 4.26. The molecular formula is C19H20N8O2. The summed E-state index contributed by atoms with van der Waals surface area (Å²) in [5, 5.41) is 20.1. The van der Waals surface area contributed by atoms with Crippen molar-refractivity contribution in [3.63, 3.8) is 0 Å². The zero-order chi connectivity index (χ0) is 20.1. The molecule has 0 unspecified atom stereocenters. The normalized spacial score (nSPS) is 10.8. The van der Waals surface area contributed by atoms with Crippen LogP contribution >= 0.6 is 0 Å². The number of hydrogen-bond donors (Lipinski definition) is 5. The summed E-state index contributed by atoms with van der Waals surface area (Å²) in [6, 6.07) is 11.7. The number of H-pyrrole nitrogens is 1. The molecule has 0 aliphatic heterocycles. The van der Waals surface area contributed by atoms with Gasteiger partial charge in [-0.25, -0.2) is 5.48 Å². The molecule has 29 heavy (non-hydrogen) atoms. The van der Waals surface area contributed by atoms with E-state index in [0.29, 0.717) is 30.4 Å². The molecule has 5 N–H and O–H groups in total. The minimum absolute atomic E-state index is 0.222.